The number of hydrogen-bond acceptors (Lipinski definition) is 10. The average molecular weight is 601 g/mol. The van der Waals surface area contributed by atoms with E-state index >= 15 is 0 Å². The van der Waals surface area contributed by atoms with Crippen molar-refractivity contribution in [1.82, 2.24) is 0 Å². The molecule has 2 N–H and O–H groups in total. The highest BCUT2D eigenvalue weighted by atomic mass is 32.2. The summed E-state index contributed by atoms with van der Waals surface area (Å²) in [6.45, 7) is 3.45. The largest absolute Gasteiger partial charge is 0.495 e. The molecule has 0 saturated carbocycles. The molecule has 5 aromatic carbocycles. The van der Waals surface area contributed by atoms with Crippen molar-refractivity contribution in [3.05, 3.63) is 37.1 Å². The molecule has 214 valence electrons. The van der Waals surface area contributed by atoms with Crippen LogP contribution in [0, 0.1) is 0 Å². The van der Waals surface area contributed by atoms with Crippen LogP contribution in [0.1, 0.15) is 18.1 Å². The molecular formula is C32H28N2O6S2. The van der Waals surface area contributed by atoms with E-state index in [0.29, 0.717) is 45.8 Å². The second kappa shape index (κ2) is 9.12. The van der Waals surface area contributed by atoms with Crippen molar-refractivity contribution < 1.29 is 18.9 Å². The minimum atomic E-state index is -0.172. The first-order valence-corrected chi connectivity index (χ1v) is 15.8. The number of allylic oxidation sites excluding steroid dienone is 1. The van der Waals surface area contributed by atoms with Gasteiger partial charge in [0.05, 0.1) is 60.4 Å². The summed E-state index contributed by atoms with van der Waals surface area (Å²) in [6.07, 6.45) is 2.51. The van der Waals surface area contributed by atoms with Gasteiger partial charge in [0.2, 0.25) is 10.9 Å². The van der Waals surface area contributed by atoms with E-state index in [1.54, 1.807) is 52.0 Å². The van der Waals surface area contributed by atoms with Crippen LogP contribution in [-0.2, 0) is 6.42 Å². The number of ether oxygens (including phenoxy) is 4. The van der Waals surface area contributed by atoms with Crippen molar-refractivity contribution in [3.63, 3.8) is 0 Å². The Balaban J connectivity index is 1.86. The van der Waals surface area contributed by atoms with Crippen LogP contribution in [0.25, 0.3) is 49.2 Å². The van der Waals surface area contributed by atoms with Gasteiger partial charge in [-0.25, -0.2) is 0 Å². The van der Waals surface area contributed by atoms with Crippen LogP contribution in [0.15, 0.2) is 25.0 Å². The fourth-order valence-electron chi connectivity index (χ4n) is 7.34. The molecule has 8 nitrogen and oxygen atoms in total. The van der Waals surface area contributed by atoms with Gasteiger partial charge in [0.25, 0.3) is 0 Å². The van der Waals surface area contributed by atoms with Gasteiger partial charge in [0.15, 0.2) is 11.5 Å². The molecule has 0 aromatic heterocycles. The zero-order valence-corrected chi connectivity index (χ0v) is 25.5. The lowest BCUT2D eigenvalue weighted by Crippen LogP contribution is -2.19. The third-order valence-electron chi connectivity index (χ3n) is 8.74. The Bertz CT molecular complexity index is 2180. The van der Waals surface area contributed by atoms with Crippen LogP contribution in [0.4, 0.5) is 11.4 Å². The maximum absolute atomic E-state index is 14.5. The van der Waals surface area contributed by atoms with Gasteiger partial charge in [0, 0.05) is 62.7 Å². The highest BCUT2D eigenvalue weighted by Crippen LogP contribution is 2.59. The minimum Gasteiger partial charge on any atom is -0.495 e. The number of methoxy groups -OCH3 is 4. The molecular weight excluding hydrogens is 572 g/mol. The molecule has 8 rings (SSSR count). The molecule has 0 radical (unpaired) electrons. The summed E-state index contributed by atoms with van der Waals surface area (Å²) in [6, 6.07) is 0. The van der Waals surface area contributed by atoms with Gasteiger partial charge in [-0.2, -0.15) is 0 Å². The monoisotopic (exact) mass is 600 g/mol. The van der Waals surface area contributed by atoms with Crippen molar-refractivity contribution in [2.24, 2.45) is 0 Å². The molecule has 0 unspecified atom stereocenters. The maximum Gasteiger partial charge on any atom is 0.230 e. The molecule has 1 aliphatic carbocycles. The molecule has 42 heavy (non-hydrogen) atoms. The van der Waals surface area contributed by atoms with E-state index < -0.39 is 0 Å². The Labute approximate surface area is 249 Å². The molecule has 0 saturated heterocycles. The zero-order chi connectivity index (χ0) is 29.0. The standard InChI is InChI=1S/C32H28N2O6S2/c1-12-10-13-15-16-14(11-12)28(38-3)26(36)22-18(16)20(30(40-5)32-24(22)34-7-9-42-32)19-17(15)21(25(35)27(13)37-2)23-31(29(19)39-4)41-8-6-33-23/h10,33-34H,6-9,11H2,1-5H3. The number of hydrogen-bond donors (Lipinski definition) is 2. The Morgan fingerprint density at radius 1 is 0.619 bits per heavy atom. The molecule has 2 heterocycles. The van der Waals surface area contributed by atoms with E-state index in [-0.39, 0.29) is 10.9 Å². The minimum absolute atomic E-state index is 0.155. The molecule has 0 bridgehead atoms. The third kappa shape index (κ3) is 3.01. The van der Waals surface area contributed by atoms with Crippen molar-refractivity contribution >= 4 is 84.1 Å². The summed E-state index contributed by atoms with van der Waals surface area (Å²) >= 11 is 3.33. The predicted octanol–water partition coefficient (Wildman–Crippen LogP) is 5.92. The van der Waals surface area contributed by atoms with Crippen LogP contribution in [0.5, 0.6) is 23.0 Å². The number of anilines is 2. The maximum atomic E-state index is 14.5. The van der Waals surface area contributed by atoms with E-state index in [0.717, 1.165) is 89.2 Å². The smallest absolute Gasteiger partial charge is 0.230 e. The van der Waals surface area contributed by atoms with E-state index in [4.69, 9.17) is 18.9 Å². The van der Waals surface area contributed by atoms with Gasteiger partial charge in [-0.15, -0.1) is 23.5 Å². The van der Waals surface area contributed by atoms with E-state index in [1.165, 1.54) is 0 Å². The molecule has 3 aliphatic rings. The highest BCUT2D eigenvalue weighted by Gasteiger charge is 2.36. The van der Waals surface area contributed by atoms with Crippen molar-refractivity contribution in [3.8, 4) is 23.0 Å². The quantitative estimate of drug-likeness (QED) is 0.191. The number of fused-ring (bicyclic) bond motifs is 5. The van der Waals surface area contributed by atoms with Gasteiger partial charge >= 0.3 is 0 Å². The fourth-order valence-corrected chi connectivity index (χ4v) is 9.42. The van der Waals surface area contributed by atoms with Gasteiger partial charge in [-0.3, -0.25) is 9.59 Å². The first-order valence-electron chi connectivity index (χ1n) is 13.8. The van der Waals surface area contributed by atoms with Crippen LogP contribution in [0.3, 0.4) is 0 Å². The summed E-state index contributed by atoms with van der Waals surface area (Å²) in [5.74, 6) is 3.63. The van der Waals surface area contributed by atoms with E-state index in [9.17, 15) is 9.59 Å². The van der Waals surface area contributed by atoms with Gasteiger partial charge in [0.1, 0.15) is 11.5 Å². The zero-order valence-electron chi connectivity index (χ0n) is 23.9. The van der Waals surface area contributed by atoms with Gasteiger partial charge in [-0.05, 0) is 18.7 Å². The van der Waals surface area contributed by atoms with E-state index in [2.05, 4.69) is 10.6 Å². The topological polar surface area (TPSA) is 95.1 Å². The molecule has 5 aromatic rings. The van der Waals surface area contributed by atoms with Gasteiger partial charge in [-0.1, -0.05) is 11.6 Å². The number of benzene rings is 5. The lowest BCUT2D eigenvalue weighted by atomic mass is 9.83. The van der Waals surface area contributed by atoms with Crippen LogP contribution in [0.2, 0.25) is 0 Å². The van der Waals surface area contributed by atoms with Gasteiger partial charge < -0.3 is 29.6 Å². The first kappa shape index (κ1) is 25.9. The van der Waals surface area contributed by atoms with E-state index in [1.807, 2.05) is 13.0 Å². The van der Waals surface area contributed by atoms with Crippen LogP contribution < -0.4 is 40.4 Å². The van der Waals surface area contributed by atoms with Crippen molar-refractivity contribution in [1.29, 1.82) is 0 Å². The normalized spacial score (nSPS) is 15.8. The Morgan fingerprint density at radius 3 is 1.64 bits per heavy atom. The Kier molecular flexibility index (Phi) is 5.63. The second-order valence-electron chi connectivity index (χ2n) is 10.8. The summed E-state index contributed by atoms with van der Waals surface area (Å²) in [5, 5.41) is 13.1. The second-order valence-corrected chi connectivity index (χ2v) is 13.0. The van der Waals surface area contributed by atoms with Crippen molar-refractivity contribution in [2.75, 3.05) is 63.7 Å². The number of rotatable bonds is 4. The molecule has 0 spiro atoms. The highest BCUT2D eigenvalue weighted by molar-refractivity contribution is 8.00. The SMILES string of the molecule is COc1c2c3c4c(c(OC)c(=O)c5c6c(c(OC)c(c7c(OC)c8c(c(c1=O)c37)NCCS8)c54)SCCN6)CC(C)=C2. The summed E-state index contributed by atoms with van der Waals surface area (Å²) in [5.41, 5.74) is 3.71. The number of nitrogens with one attached hydrogen (secondary N) is 2. The summed E-state index contributed by atoms with van der Waals surface area (Å²) < 4.78 is 24.3. The Hall–Kier alpha value is -3.76. The van der Waals surface area contributed by atoms with Crippen molar-refractivity contribution in [2.45, 2.75) is 23.1 Å². The molecule has 0 atom stereocenters. The fraction of sp³-hybridized carbons (Fsp3) is 0.312. The third-order valence-corrected chi connectivity index (χ3v) is 10.9. The molecule has 0 fully saturated rings. The number of thioether (sulfide) groups is 2. The first-order chi connectivity index (χ1) is 20.5. The molecule has 2 aliphatic heterocycles. The van der Waals surface area contributed by atoms with Crippen LogP contribution in [-0.4, -0.2) is 53.0 Å². The molecule has 10 heteroatoms. The Morgan fingerprint density at radius 2 is 1.12 bits per heavy atom. The lowest BCUT2D eigenvalue weighted by Gasteiger charge is -2.29. The predicted molar refractivity (Wildman–Crippen MR) is 173 cm³/mol. The molecule has 0 amide bonds. The van der Waals surface area contributed by atoms with Crippen LogP contribution >= 0.6 is 23.5 Å². The average Bonchev–Trinajstić information content (AvgIpc) is 3.15. The summed E-state index contributed by atoms with van der Waals surface area (Å²) in [4.78, 5) is 30.7. The lowest BCUT2D eigenvalue weighted by molar-refractivity contribution is 0.406. The summed E-state index contributed by atoms with van der Waals surface area (Å²) in [7, 11) is 6.45.